The van der Waals surface area contributed by atoms with Gasteiger partial charge >= 0.3 is 10.1 Å². The van der Waals surface area contributed by atoms with Crippen molar-refractivity contribution in [2.45, 2.75) is 11.8 Å². The van der Waals surface area contributed by atoms with Gasteiger partial charge in [-0.1, -0.05) is 48.0 Å². The van der Waals surface area contributed by atoms with Gasteiger partial charge in [0.25, 0.3) is 0 Å². The van der Waals surface area contributed by atoms with Gasteiger partial charge in [-0.05, 0) is 31.2 Å². The molecule has 4 aromatic heterocycles. The van der Waals surface area contributed by atoms with Crippen LogP contribution in [0.3, 0.4) is 0 Å². The summed E-state index contributed by atoms with van der Waals surface area (Å²) in [7, 11) is -4.05. The van der Waals surface area contributed by atoms with Gasteiger partial charge in [-0.3, -0.25) is 9.38 Å². The molecule has 0 amide bonds. The predicted octanol–water partition coefficient (Wildman–Crippen LogP) is 4.74. The largest absolute Gasteiger partial charge is 0.357 e. The third kappa shape index (κ3) is 3.93. The number of benzene rings is 2. The van der Waals surface area contributed by atoms with Gasteiger partial charge < -0.3 is 0 Å². The Morgan fingerprint density at radius 3 is 2.53 bits per heavy atom. The molecule has 0 atom stereocenters. The predicted molar refractivity (Wildman–Crippen MR) is 137 cm³/mol. The SMILES string of the molecule is Cc1ccc(S(=O)(=O)On2ccc3c(-c4nc(-c5ccccc5)c(-c5ncn[nH]5)s4)ccnc32)cc1. The molecule has 11 heteroatoms. The molecule has 0 aliphatic carbocycles. The first-order valence-electron chi connectivity index (χ1n) is 10.9. The molecule has 0 radical (unpaired) electrons. The van der Waals surface area contributed by atoms with Crippen LogP contribution in [0, 0.1) is 6.92 Å². The molecular weight excluding hydrogens is 496 g/mol. The van der Waals surface area contributed by atoms with Crippen LogP contribution in [0.25, 0.3) is 43.6 Å². The minimum Gasteiger partial charge on any atom is -0.282 e. The molecule has 0 saturated carbocycles. The number of H-pyrrole nitrogens is 1. The molecule has 1 N–H and O–H groups in total. The van der Waals surface area contributed by atoms with Crippen molar-refractivity contribution < 1.29 is 12.7 Å². The fraction of sp³-hybridized carbons (Fsp3) is 0.0400. The monoisotopic (exact) mass is 514 g/mol. The Balaban J connectivity index is 1.44. The minimum atomic E-state index is -4.05. The second kappa shape index (κ2) is 8.70. The van der Waals surface area contributed by atoms with E-state index >= 15 is 0 Å². The minimum absolute atomic E-state index is 0.0650. The van der Waals surface area contributed by atoms with Gasteiger partial charge in [0.1, 0.15) is 16.2 Å². The molecule has 0 spiro atoms. The van der Waals surface area contributed by atoms with Crippen molar-refractivity contribution in [2.75, 3.05) is 0 Å². The van der Waals surface area contributed by atoms with Crippen LogP contribution in [0.15, 0.2) is 90.3 Å². The normalized spacial score (nSPS) is 11.7. The summed E-state index contributed by atoms with van der Waals surface area (Å²) in [6.07, 6.45) is 4.60. The van der Waals surface area contributed by atoms with E-state index in [1.165, 1.54) is 36.0 Å². The molecule has 0 aliphatic rings. The summed E-state index contributed by atoms with van der Waals surface area (Å²) in [5.74, 6) is 0.619. The Hall–Kier alpha value is -4.35. The zero-order valence-corrected chi connectivity index (χ0v) is 20.5. The highest BCUT2D eigenvalue weighted by Crippen LogP contribution is 2.40. The van der Waals surface area contributed by atoms with Crippen LogP contribution >= 0.6 is 11.3 Å². The smallest absolute Gasteiger partial charge is 0.282 e. The van der Waals surface area contributed by atoms with Crippen LogP contribution in [0.2, 0.25) is 0 Å². The van der Waals surface area contributed by atoms with E-state index in [0.717, 1.165) is 37.0 Å². The number of hydrogen-bond donors (Lipinski definition) is 1. The first-order valence-corrected chi connectivity index (χ1v) is 13.1. The lowest BCUT2D eigenvalue weighted by Gasteiger charge is -2.08. The second-order valence-corrected chi connectivity index (χ2v) is 10.5. The van der Waals surface area contributed by atoms with E-state index in [2.05, 4.69) is 20.2 Å². The van der Waals surface area contributed by atoms with Gasteiger partial charge in [-0.2, -0.15) is 18.2 Å². The van der Waals surface area contributed by atoms with Crippen molar-refractivity contribution in [1.82, 2.24) is 29.9 Å². The van der Waals surface area contributed by atoms with Gasteiger partial charge in [0.05, 0.1) is 10.6 Å². The standard InChI is InChI=1S/C25H18N6O3S2/c1-16-7-9-18(10-8-16)36(32,33)34-31-14-12-19-20(11-13-26-24(19)31)25-29-21(17-5-3-2-4-6-17)22(35-25)23-27-15-28-30-23/h2-15H,1H3,(H,27,28,30). The summed E-state index contributed by atoms with van der Waals surface area (Å²) >= 11 is 1.46. The van der Waals surface area contributed by atoms with Crippen molar-refractivity contribution in [3.63, 3.8) is 0 Å². The Labute approximate surface area is 210 Å². The lowest BCUT2D eigenvalue weighted by Crippen LogP contribution is -2.19. The first kappa shape index (κ1) is 22.1. The van der Waals surface area contributed by atoms with E-state index < -0.39 is 10.1 Å². The molecule has 9 nitrogen and oxygen atoms in total. The summed E-state index contributed by atoms with van der Waals surface area (Å²) in [5, 5.41) is 8.34. The maximum absolute atomic E-state index is 12.8. The summed E-state index contributed by atoms with van der Waals surface area (Å²) in [5.41, 5.74) is 3.83. The third-order valence-electron chi connectivity index (χ3n) is 5.58. The van der Waals surface area contributed by atoms with E-state index in [-0.39, 0.29) is 4.90 Å². The maximum atomic E-state index is 12.8. The number of thiazole rings is 1. The zero-order chi connectivity index (χ0) is 24.7. The highest BCUT2D eigenvalue weighted by molar-refractivity contribution is 7.87. The number of nitrogens with zero attached hydrogens (tertiary/aromatic N) is 5. The van der Waals surface area contributed by atoms with E-state index in [1.54, 1.807) is 24.4 Å². The number of nitrogens with one attached hydrogen (secondary N) is 1. The molecule has 6 aromatic rings. The quantitative estimate of drug-likeness (QED) is 0.341. The Morgan fingerprint density at radius 2 is 1.78 bits per heavy atom. The summed E-state index contributed by atoms with van der Waals surface area (Å²) in [4.78, 5) is 14.5. The van der Waals surface area contributed by atoms with Gasteiger partial charge in [0.15, 0.2) is 11.5 Å². The molecule has 0 bridgehead atoms. The van der Waals surface area contributed by atoms with Crippen molar-refractivity contribution in [2.24, 2.45) is 0 Å². The van der Waals surface area contributed by atoms with Crippen LogP contribution in [0.4, 0.5) is 0 Å². The number of aryl methyl sites for hydroxylation is 1. The van der Waals surface area contributed by atoms with Crippen molar-refractivity contribution in [3.8, 4) is 32.5 Å². The van der Waals surface area contributed by atoms with Crippen LogP contribution < -0.4 is 4.28 Å². The Kier molecular flexibility index (Phi) is 5.35. The van der Waals surface area contributed by atoms with Gasteiger partial charge in [0.2, 0.25) is 0 Å². The van der Waals surface area contributed by atoms with Gasteiger partial charge in [-0.25, -0.2) is 15.0 Å². The van der Waals surface area contributed by atoms with Crippen molar-refractivity contribution in [3.05, 3.63) is 91.0 Å². The lowest BCUT2D eigenvalue weighted by molar-refractivity contribution is 0.291. The Morgan fingerprint density at radius 1 is 0.972 bits per heavy atom. The molecule has 2 aromatic carbocycles. The van der Waals surface area contributed by atoms with Crippen LogP contribution in [0.1, 0.15) is 5.56 Å². The maximum Gasteiger partial charge on any atom is 0.357 e. The molecule has 36 heavy (non-hydrogen) atoms. The highest BCUT2D eigenvalue weighted by atomic mass is 32.2. The Bertz CT molecular complexity index is 1780. The molecule has 0 unspecified atom stereocenters. The molecule has 178 valence electrons. The zero-order valence-electron chi connectivity index (χ0n) is 18.9. The van der Waals surface area contributed by atoms with Crippen LogP contribution in [-0.4, -0.2) is 38.3 Å². The van der Waals surface area contributed by atoms with Gasteiger partial charge in [-0.15, -0.1) is 11.3 Å². The topological polar surface area (TPSA) is 116 Å². The van der Waals surface area contributed by atoms with E-state index in [0.29, 0.717) is 16.9 Å². The summed E-state index contributed by atoms with van der Waals surface area (Å²) in [6.45, 7) is 1.89. The third-order valence-corrected chi connectivity index (χ3v) is 7.88. The second-order valence-electron chi connectivity index (χ2n) is 7.98. The number of rotatable bonds is 6. The van der Waals surface area contributed by atoms with Crippen molar-refractivity contribution in [1.29, 1.82) is 0 Å². The van der Waals surface area contributed by atoms with Crippen LogP contribution in [0.5, 0.6) is 0 Å². The average molecular weight is 515 g/mol. The number of pyridine rings is 1. The fourth-order valence-corrected chi connectivity index (χ4v) is 5.78. The van der Waals surface area contributed by atoms with E-state index in [9.17, 15) is 8.42 Å². The molecule has 6 rings (SSSR count). The number of hydrogen-bond acceptors (Lipinski definition) is 8. The summed E-state index contributed by atoms with van der Waals surface area (Å²) in [6, 6.07) is 19.9. The van der Waals surface area contributed by atoms with E-state index in [4.69, 9.17) is 9.27 Å². The first-order chi connectivity index (χ1) is 17.5. The molecule has 4 heterocycles. The fourth-order valence-electron chi connectivity index (χ4n) is 3.82. The summed E-state index contributed by atoms with van der Waals surface area (Å²) < 4.78 is 32.3. The molecule has 0 aliphatic heterocycles. The van der Waals surface area contributed by atoms with Crippen molar-refractivity contribution >= 4 is 32.5 Å². The number of aromatic amines is 1. The van der Waals surface area contributed by atoms with E-state index in [1.807, 2.05) is 43.3 Å². The molecule has 0 saturated heterocycles. The average Bonchev–Trinajstić information content (AvgIpc) is 3.65. The van der Waals surface area contributed by atoms with Crippen LogP contribution in [-0.2, 0) is 10.1 Å². The molecular formula is C25H18N6O3S2. The molecule has 0 fully saturated rings. The lowest BCUT2D eigenvalue weighted by atomic mass is 10.1. The van der Waals surface area contributed by atoms with Gasteiger partial charge in [0, 0.05) is 28.9 Å². The highest BCUT2D eigenvalue weighted by Gasteiger charge is 2.22. The number of fused-ring (bicyclic) bond motifs is 1. The number of aromatic nitrogens is 6.